The van der Waals surface area contributed by atoms with Gasteiger partial charge in [-0.3, -0.25) is 0 Å². The second-order valence-electron chi connectivity index (χ2n) is 5.08. The molecule has 0 amide bonds. The maximum absolute atomic E-state index is 2.29. The average Bonchev–Trinajstić information content (AvgIpc) is 2.99. The maximum atomic E-state index is 2.29. The molecular formula is C17H15IN2S2. The topological polar surface area (TPSA) is 7.12 Å². The lowest BCUT2D eigenvalue weighted by atomic mass is 10.3. The molecule has 2 aromatic carbocycles. The summed E-state index contributed by atoms with van der Waals surface area (Å²) in [7, 11) is 4.27. The molecule has 1 aliphatic rings. The van der Waals surface area contributed by atoms with Crippen LogP contribution in [0.4, 0.5) is 5.69 Å². The number of para-hydroxylation sites is 2. The summed E-state index contributed by atoms with van der Waals surface area (Å²) < 4.78 is 3.60. The number of hydrogen-bond donors (Lipinski definition) is 0. The molecule has 1 aliphatic heterocycles. The summed E-state index contributed by atoms with van der Waals surface area (Å²) in [5.74, 6) is 0. The second-order valence-corrected chi connectivity index (χ2v) is 7.20. The molecule has 0 N–H and O–H groups in total. The summed E-state index contributed by atoms with van der Waals surface area (Å²) in [6, 6.07) is 17.1. The first kappa shape index (κ1) is 15.8. The normalized spacial score (nSPS) is 15.2. The van der Waals surface area contributed by atoms with Crippen molar-refractivity contribution >= 4 is 45.1 Å². The van der Waals surface area contributed by atoms with E-state index >= 15 is 0 Å². The summed E-state index contributed by atoms with van der Waals surface area (Å²) in [5.41, 5.74) is 2.58. The number of aromatic nitrogens is 1. The molecule has 0 fully saturated rings. The second kappa shape index (κ2) is 6.22. The quantitative estimate of drug-likeness (QED) is 0.418. The Bertz CT molecular complexity index is 870. The van der Waals surface area contributed by atoms with E-state index < -0.39 is 0 Å². The minimum atomic E-state index is 0. The van der Waals surface area contributed by atoms with Gasteiger partial charge in [0.15, 0.2) is 0 Å². The van der Waals surface area contributed by atoms with Crippen LogP contribution >= 0.6 is 23.1 Å². The number of benzene rings is 2. The summed E-state index contributed by atoms with van der Waals surface area (Å²) in [6.07, 6.45) is 2.29. The molecule has 0 spiro atoms. The van der Waals surface area contributed by atoms with Crippen LogP contribution in [-0.2, 0) is 7.05 Å². The molecule has 0 saturated heterocycles. The van der Waals surface area contributed by atoms with Crippen LogP contribution in [0.1, 0.15) is 5.01 Å². The Morgan fingerprint density at radius 3 is 2.55 bits per heavy atom. The molecule has 4 rings (SSSR count). The highest BCUT2D eigenvalue weighted by Crippen LogP contribution is 2.45. The number of rotatable bonds is 1. The predicted molar refractivity (Wildman–Crippen MR) is 91.7 cm³/mol. The van der Waals surface area contributed by atoms with E-state index in [1.54, 1.807) is 0 Å². The van der Waals surface area contributed by atoms with Crippen molar-refractivity contribution in [3.63, 3.8) is 0 Å². The zero-order valence-electron chi connectivity index (χ0n) is 12.3. The number of anilines is 1. The van der Waals surface area contributed by atoms with Gasteiger partial charge in [-0.25, -0.2) is 0 Å². The number of thioether (sulfide) groups is 1. The largest absolute Gasteiger partial charge is 1.00 e. The van der Waals surface area contributed by atoms with Crippen LogP contribution in [0.2, 0.25) is 0 Å². The van der Waals surface area contributed by atoms with E-state index in [-0.39, 0.29) is 24.0 Å². The molecule has 112 valence electrons. The molecule has 22 heavy (non-hydrogen) atoms. The van der Waals surface area contributed by atoms with Gasteiger partial charge in [0.05, 0.1) is 16.8 Å². The number of halogens is 1. The Morgan fingerprint density at radius 1 is 1.05 bits per heavy atom. The summed E-state index contributed by atoms with van der Waals surface area (Å²) in [4.78, 5) is 3.60. The van der Waals surface area contributed by atoms with E-state index in [4.69, 9.17) is 0 Å². The minimum absolute atomic E-state index is 0. The monoisotopic (exact) mass is 438 g/mol. The van der Waals surface area contributed by atoms with Crippen molar-refractivity contribution < 1.29 is 28.5 Å². The van der Waals surface area contributed by atoms with Gasteiger partial charge in [0.1, 0.15) is 11.7 Å². The fourth-order valence-electron chi connectivity index (χ4n) is 2.60. The summed E-state index contributed by atoms with van der Waals surface area (Å²) in [5, 5.41) is 2.55. The van der Waals surface area contributed by atoms with Gasteiger partial charge in [0.2, 0.25) is 5.52 Å². The zero-order valence-corrected chi connectivity index (χ0v) is 16.1. The fourth-order valence-corrected chi connectivity index (χ4v) is 4.85. The molecule has 5 heteroatoms. The van der Waals surface area contributed by atoms with E-state index in [0.717, 1.165) is 0 Å². The fraction of sp³-hybridized carbons (Fsp3) is 0.118. The Hall–Kier alpha value is -1.05. The maximum Gasteiger partial charge on any atom is 0.265 e. The Labute approximate surface area is 155 Å². The third kappa shape index (κ3) is 2.55. The smallest absolute Gasteiger partial charge is 0.265 e. The van der Waals surface area contributed by atoms with Crippen LogP contribution in [-0.4, -0.2) is 7.05 Å². The number of fused-ring (bicyclic) bond motifs is 2. The molecule has 3 aromatic rings. The van der Waals surface area contributed by atoms with Crippen molar-refractivity contribution in [2.24, 2.45) is 7.05 Å². The van der Waals surface area contributed by atoms with E-state index in [1.165, 1.54) is 30.8 Å². The van der Waals surface area contributed by atoms with Crippen molar-refractivity contribution in [1.82, 2.24) is 0 Å². The van der Waals surface area contributed by atoms with Crippen molar-refractivity contribution in [1.29, 1.82) is 0 Å². The lowest BCUT2D eigenvalue weighted by Gasteiger charge is -2.12. The number of nitrogens with zero attached hydrogens (tertiary/aromatic N) is 2. The molecule has 0 aliphatic carbocycles. The predicted octanol–water partition coefficient (Wildman–Crippen LogP) is 1.27. The van der Waals surface area contributed by atoms with Crippen LogP contribution in [0.15, 0.2) is 58.5 Å². The highest BCUT2D eigenvalue weighted by Gasteiger charge is 2.23. The van der Waals surface area contributed by atoms with Crippen LogP contribution in [0.3, 0.4) is 0 Å². The van der Waals surface area contributed by atoms with Crippen LogP contribution in [0.25, 0.3) is 16.3 Å². The average molecular weight is 438 g/mol. The van der Waals surface area contributed by atoms with E-state index in [9.17, 15) is 0 Å². The first-order valence-electron chi connectivity index (χ1n) is 6.84. The lowest BCUT2D eigenvalue weighted by molar-refractivity contribution is -0.642. The van der Waals surface area contributed by atoms with Gasteiger partial charge < -0.3 is 28.9 Å². The first-order chi connectivity index (χ1) is 10.2. The van der Waals surface area contributed by atoms with Crippen molar-refractivity contribution in [3.05, 3.63) is 58.6 Å². The van der Waals surface area contributed by atoms with E-state index in [0.29, 0.717) is 0 Å². The number of thiazole rings is 1. The highest BCUT2D eigenvalue weighted by molar-refractivity contribution is 8.03. The third-order valence-electron chi connectivity index (χ3n) is 3.79. The summed E-state index contributed by atoms with van der Waals surface area (Å²) >= 11 is 3.68. The zero-order chi connectivity index (χ0) is 14.4. The Kier molecular flexibility index (Phi) is 4.47. The lowest BCUT2D eigenvalue weighted by Crippen LogP contribution is -3.00. The number of hydrogen-bond acceptors (Lipinski definition) is 3. The van der Waals surface area contributed by atoms with Gasteiger partial charge in [-0.1, -0.05) is 47.4 Å². The molecule has 0 saturated carbocycles. The van der Waals surface area contributed by atoms with E-state index in [1.807, 2.05) is 23.1 Å². The standard InChI is InChI=1S/C17H15N2S2.HI/c1-18-12-7-3-5-9-14(12)20-16(18)11-17-19(2)13-8-4-6-10-15(13)21-17;/h3-11H,1-2H3;1H/q+1;/p-1. The molecule has 0 bridgehead atoms. The van der Waals surface area contributed by atoms with E-state index in [2.05, 4.69) is 78.2 Å². The molecule has 0 atom stereocenters. The van der Waals surface area contributed by atoms with Crippen LogP contribution in [0, 0.1) is 0 Å². The summed E-state index contributed by atoms with van der Waals surface area (Å²) in [6.45, 7) is 0. The molecular weight excluding hydrogens is 423 g/mol. The van der Waals surface area contributed by atoms with Crippen LogP contribution in [0.5, 0.6) is 0 Å². The van der Waals surface area contributed by atoms with Gasteiger partial charge in [0, 0.05) is 18.0 Å². The van der Waals surface area contributed by atoms with Gasteiger partial charge in [-0.05, 0) is 18.2 Å². The molecule has 2 nitrogen and oxygen atoms in total. The van der Waals surface area contributed by atoms with Crippen molar-refractivity contribution in [2.75, 3.05) is 11.9 Å². The first-order valence-corrected chi connectivity index (χ1v) is 8.47. The Morgan fingerprint density at radius 2 is 1.77 bits per heavy atom. The highest BCUT2D eigenvalue weighted by atomic mass is 127. The Balaban J connectivity index is 0.00000144. The molecule has 0 unspecified atom stereocenters. The van der Waals surface area contributed by atoms with Gasteiger partial charge >= 0.3 is 0 Å². The van der Waals surface area contributed by atoms with Crippen LogP contribution < -0.4 is 33.4 Å². The molecule has 0 radical (unpaired) electrons. The molecule has 2 heterocycles. The SMILES string of the molecule is CN1C(=Cc2sc3ccccc3[n+]2C)Sc2ccccc21.[I-]. The number of aryl methyl sites for hydroxylation is 1. The third-order valence-corrected chi connectivity index (χ3v) is 6.12. The van der Waals surface area contributed by atoms with Gasteiger partial charge in [-0.15, -0.1) is 0 Å². The van der Waals surface area contributed by atoms with Crippen molar-refractivity contribution in [3.8, 4) is 0 Å². The van der Waals surface area contributed by atoms with Crippen molar-refractivity contribution in [2.45, 2.75) is 4.90 Å². The van der Waals surface area contributed by atoms with Gasteiger partial charge in [-0.2, -0.15) is 4.57 Å². The molecule has 1 aromatic heterocycles. The van der Waals surface area contributed by atoms with Gasteiger partial charge in [0.25, 0.3) is 5.01 Å². The minimum Gasteiger partial charge on any atom is -1.00 e.